The minimum absolute atomic E-state index is 0.0770. The molecule has 0 spiro atoms. The van der Waals surface area contributed by atoms with Crippen molar-refractivity contribution in [1.82, 2.24) is 0 Å². The number of aldehydes is 1. The maximum atomic E-state index is 11.3. The van der Waals surface area contributed by atoms with Crippen LogP contribution >= 0.6 is 0 Å². The average Bonchev–Trinajstić information content (AvgIpc) is 3.04. The molecular formula is C40H54O4Si. The van der Waals surface area contributed by atoms with Crippen LogP contribution in [0.25, 0.3) is 0 Å². The quantitative estimate of drug-likeness (QED) is 0.0907. The Bertz CT molecular complexity index is 1330. The first-order valence-electron chi connectivity index (χ1n) is 16.3. The molecule has 0 saturated heterocycles. The van der Waals surface area contributed by atoms with Gasteiger partial charge < -0.3 is 18.7 Å². The van der Waals surface area contributed by atoms with Crippen molar-refractivity contribution >= 4 is 25.0 Å². The fourth-order valence-electron chi connectivity index (χ4n) is 6.39. The van der Waals surface area contributed by atoms with Crippen LogP contribution in [0.5, 0.6) is 5.75 Å². The highest BCUT2D eigenvalue weighted by Gasteiger charge is 2.52. The second kappa shape index (κ2) is 16.9. The molecule has 0 amide bonds. The third-order valence-electron chi connectivity index (χ3n) is 8.92. The van der Waals surface area contributed by atoms with Crippen LogP contribution in [-0.2, 0) is 20.6 Å². The van der Waals surface area contributed by atoms with Gasteiger partial charge in [0.1, 0.15) is 12.0 Å². The molecule has 0 aliphatic carbocycles. The highest BCUT2D eigenvalue weighted by molar-refractivity contribution is 6.99. The minimum atomic E-state index is -2.79. The third kappa shape index (κ3) is 9.15. The van der Waals surface area contributed by atoms with Crippen molar-refractivity contribution in [3.8, 4) is 5.75 Å². The van der Waals surface area contributed by atoms with Gasteiger partial charge in [-0.3, -0.25) is 0 Å². The molecule has 242 valence electrons. The van der Waals surface area contributed by atoms with Gasteiger partial charge in [0, 0.05) is 12.3 Å². The normalized spacial score (nSPS) is 15.7. The molecule has 0 fully saturated rings. The zero-order chi connectivity index (χ0) is 33.0. The maximum Gasteiger partial charge on any atom is 0.261 e. The van der Waals surface area contributed by atoms with Gasteiger partial charge in [0.25, 0.3) is 8.32 Å². The molecule has 0 N–H and O–H groups in total. The Kier molecular flexibility index (Phi) is 13.6. The van der Waals surface area contributed by atoms with E-state index >= 15 is 0 Å². The van der Waals surface area contributed by atoms with Gasteiger partial charge in [0.05, 0.1) is 25.9 Å². The number of methoxy groups -OCH3 is 1. The Labute approximate surface area is 273 Å². The first kappa shape index (κ1) is 36.2. The Morgan fingerprint density at radius 3 is 1.84 bits per heavy atom. The summed E-state index contributed by atoms with van der Waals surface area (Å²) in [7, 11) is -1.12. The van der Waals surface area contributed by atoms with Crippen LogP contribution in [0.3, 0.4) is 0 Å². The number of allylic oxidation sites excluding steroid dienone is 1. The van der Waals surface area contributed by atoms with E-state index in [-0.39, 0.29) is 29.1 Å². The summed E-state index contributed by atoms with van der Waals surface area (Å²) in [6, 6.07) is 29.7. The fourth-order valence-corrected chi connectivity index (χ4v) is 11.2. The zero-order valence-electron chi connectivity index (χ0n) is 28.9. The number of ether oxygens (including phenoxy) is 2. The van der Waals surface area contributed by atoms with Gasteiger partial charge in [-0.05, 0) is 77.4 Å². The molecule has 0 radical (unpaired) electrons. The van der Waals surface area contributed by atoms with E-state index in [4.69, 9.17) is 13.9 Å². The van der Waals surface area contributed by atoms with E-state index in [0.29, 0.717) is 13.0 Å². The molecule has 0 aliphatic rings. The van der Waals surface area contributed by atoms with Gasteiger partial charge in [-0.2, -0.15) is 0 Å². The van der Waals surface area contributed by atoms with Crippen molar-refractivity contribution < 1.29 is 18.7 Å². The molecule has 0 heterocycles. The van der Waals surface area contributed by atoms with Crippen molar-refractivity contribution in [3.05, 3.63) is 114 Å². The van der Waals surface area contributed by atoms with Crippen molar-refractivity contribution in [2.24, 2.45) is 11.8 Å². The number of benzene rings is 3. The Hall–Kier alpha value is -3.25. The molecule has 0 unspecified atom stereocenters. The van der Waals surface area contributed by atoms with Crippen molar-refractivity contribution in [2.75, 3.05) is 7.11 Å². The second-order valence-electron chi connectivity index (χ2n) is 13.3. The van der Waals surface area contributed by atoms with Gasteiger partial charge in [0.2, 0.25) is 0 Å². The Morgan fingerprint density at radius 1 is 0.822 bits per heavy atom. The Balaban J connectivity index is 2.04. The molecule has 4 atom stereocenters. The Morgan fingerprint density at radius 2 is 1.38 bits per heavy atom. The lowest BCUT2D eigenvalue weighted by Gasteiger charge is -2.46. The van der Waals surface area contributed by atoms with Crippen molar-refractivity contribution in [2.45, 2.75) is 92.1 Å². The molecular weight excluding hydrogens is 573 g/mol. The van der Waals surface area contributed by atoms with E-state index in [1.54, 1.807) is 7.11 Å². The van der Waals surface area contributed by atoms with Crippen LogP contribution < -0.4 is 15.1 Å². The maximum absolute atomic E-state index is 11.3. The summed E-state index contributed by atoms with van der Waals surface area (Å²) in [6.07, 6.45) is 6.55. The van der Waals surface area contributed by atoms with E-state index < -0.39 is 8.32 Å². The van der Waals surface area contributed by atoms with Crippen LogP contribution in [-0.4, -0.2) is 33.9 Å². The number of rotatable bonds is 16. The largest absolute Gasteiger partial charge is 0.497 e. The van der Waals surface area contributed by atoms with Crippen LogP contribution in [0.1, 0.15) is 73.8 Å². The van der Waals surface area contributed by atoms with Gasteiger partial charge in [-0.25, -0.2) is 0 Å². The van der Waals surface area contributed by atoms with Gasteiger partial charge in [0.15, 0.2) is 0 Å². The number of hydrogen-bond acceptors (Lipinski definition) is 4. The van der Waals surface area contributed by atoms with Crippen LogP contribution in [0, 0.1) is 11.8 Å². The number of carbonyl (C=O) groups excluding carboxylic acids is 1. The van der Waals surface area contributed by atoms with E-state index in [1.807, 2.05) is 24.3 Å². The molecule has 0 aliphatic heterocycles. The standard InChI is InChI=1S/C40H54O4Si/c1-10-30(2)39(44-45(40(6,7)8,36-19-13-11-14-20-36)37-21-15-12-16-22-37)33(5)28-32(4)38(31(3)18-17-27-41)43-29-34-23-25-35(42-9)26-24-34/h10-16,19-28,31,33,38-39H,17-18,29H2,1-9H3/b30-10+,32-28+/t31-,33-,38-,39-/m0/s1. The summed E-state index contributed by atoms with van der Waals surface area (Å²) in [6.45, 7) is 18.3. The molecule has 0 aromatic heterocycles. The molecule has 3 aromatic rings. The topological polar surface area (TPSA) is 44.8 Å². The van der Waals surface area contributed by atoms with Crippen LogP contribution in [0.2, 0.25) is 5.04 Å². The lowest BCUT2D eigenvalue weighted by Crippen LogP contribution is -2.68. The number of carbonyl (C=O) groups is 1. The third-order valence-corrected chi connectivity index (χ3v) is 13.9. The first-order chi connectivity index (χ1) is 21.5. The van der Waals surface area contributed by atoms with Crippen LogP contribution in [0.4, 0.5) is 0 Å². The van der Waals surface area contributed by atoms with E-state index in [0.717, 1.165) is 29.6 Å². The van der Waals surface area contributed by atoms with Crippen LogP contribution in [0.15, 0.2) is 108 Å². The average molecular weight is 627 g/mol. The predicted molar refractivity (Wildman–Crippen MR) is 191 cm³/mol. The molecule has 3 rings (SSSR count). The smallest absolute Gasteiger partial charge is 0.261 e. The van der Waals surface area contributed by atoms with Gasteiger partial charge in [-0.1, -0.05) is 120 Å². The monoisotopic (exact) mass is 626 g/mol. The van der Waals surface area contributed by atoms with E-state index in [9.17, 15) is 4.79 Å². The highest BCUT2D eigenvalue weighted by atomic mass is 28.4. The van der Waals surface area contributed by atoms with Gasteiger partial charge in [-0.15, -0.1) is 0 Å². The SMILES string of the molecule is C/C=C(\C)[C@H](O[Si](c1ccccc1)(c1ccccc1)C(C)(C)C)[C@@H](C)/C=C(\C)[C@@H](OCc1ccc(OC)cc1)[C@@H](C)CCC=O. The first-order valence-corrected chi connectivity index (χ1v) is 18.2. The summed E-state index contributed by atoms with van der Waals surface area (Å²) in [4.78, 5) is 11.3. The summed E-state index contributed by atoms with van der Waals surface area (Å²) < 4.78 is 19.6. The van der Waals surface area contributed by atoms with Crippen molar-refractivity contribution in [1.29, 1.82) is 0 Å². The summed E-state index contributed by atoms with van der Waals surface area (Å²) in [5.74, 6) is 1.08. The summed E-state index contributed by atoms with van der Waals surface area (Å²) in [5.41, 5.74) is 3.46. The minimum Gasteiger partial charge on any atom is -0.497 e. The fraction of sp³-hybridized carbons (Fsp3) is 0.425. The molecule has 45 heavy (non-hydrogen) atoms. The van der Waals surface area contributed by atoms with Crippen molar-refractivity contribution in [3.63, 3.8) is 0 Å². The summed E-state index contributed by atoms with van der Waals surface area (Å²) >= 11 is 0. The number of hydrogen-bond donors (Lipinski definition) is 0. The molecule has 3 aromatic carbocycles. The summed E-state index contributed by atoms with van der Waals surface area (Å²) in [5, 5.41) is 2.41. The van der Waals surface area contributed by atoms with E-state index in [1.165, 1.54) is 15.9 Å². The van der Waals surface area contributed by atoms with E-state index in [2.05, 4.69) is 128 Å². The molecule has 5 heteroatoms. The molecule has 0 bridgehead atoms. The lowest BCUT2D eigenvalue weighted by atomic mass is 9.89. The predicted octanol–water partition coefficient (Wildman–Crippen LogP) is 8.69. The zero-order valence-corrected chi connectivity index (χ0v) is 29.9. The molecule has 0 saturated carbocycles. The molecule has 4 nitrogen and oxygen atoms in total. The highest BCUT2D eigenvalue weighted by Crippen LogP contribution is 2.39. The second-order valence-corrected chi connectivity index (χ2v) is 17.6. The lowest BCUT2D eigenvalue weighted by molar-refractivity contribution is -0.108. The van der Waals surface area contributed by atoms with Gasteiger partial charge >= 0.3 is 0 Å².